The van der Waals surface area contributed by atoms with Gasteiger partial charge in [-0.05, 0) is 13.2 Å². The van der Waals surface area contributed by atoms with Crippen LogP contribution in [-0.4, -0.2) is 26.4 Å². The van der Waals surface area contributed by atoms with Crippen molar-refractivity contribution in [2.45, 2.75) is 11.8 Å². The van der Waals surface area contributed by atoms with Crippen LogP contribution in [0.2, 0.25) is 0 Å². The lowest BCUT2D eigenvalue weighted by Gasteiger charge is -1.94. The molecule has 2 heterocycles. The van der Waals surface area contributed by atoms with Crippen LogP contribution >= 0.6 is 11.8 Å². The topological polar surface area (TPSA) is 64.7 Å². The fourth-order valence-electron chi connectivity index (χ4n) is 0.920. The highest BCUT2D eigenvalue weighted by atomic mass is 32.2. The SMILES string of the molecule is CSc1cnc(-c2nc(C)no2)nc1. The molecule has 2 aromatic rings. The Kier molecular flexibility index (Phi) is 2.45. The molecule has 0 aromatic carbocycles. The van der Waals surface area contributed by atoms with Gasteiger partial charge in [0, 0.05) is 17.3 Å². The van der Waals surface area contributed by atoms with E-state index in [1.807, 2.05) is 6.26 Å². The Morgan fingerprint density at radius 3 is 2.50 bits per heavy atom. The van der Waals surface area contributed by atoms with Crippen LogP contribution in [0.3, 0.4) is 0 Å². The van der Waals surface area contributed by atoms with E-state index in [1.54, 1.807) is 31.1 Å². The first-order chi connectivity index (χ1) is 6.79. The molecule has 5 nitrogen and oxygen atoms in total. The summed E-state index contributed by atoms with van der Waals surface area (Å²) in [7, 11) is 0. The van der Waals surface area contributed by atoms with Crippen molar-refractivity contribution in [1.29, 1.82) is 0 Å². The largest absolute Gasteiger partial charge is 0.330 e. The van der Waals surface area contributed by atoms with Crippen molar-refractivity contribution in [3.63, 3.8) is 0 Å². The highest BCUT2D eigenvalue weighted by Gasteiger charge is 2.08. The van der Waals surface area contributed by atoms with Crippen LogP contribution in [0.4, 0.5) is 0 Å². The smallest absolute Gasteiger partial charge is 0.295 e. The Morgan fingerprint density at radius 1 is 1.29 bits per heavy atom. The molecule has 0 aliphatic rings. The summed E-state index contributed by atoms with van der Waals surface area (Å²) in [4.78, 5) is 13.2. The fraction of sp³-hybridized carbons (Fsp3) is 0.250. The summed E-state index contributed by atoms with van der Waals surface area (Å²) in [6.45, 7) is 1.75. The van der Waals surface area contributed by atoms with E-state index in [-0.39, 0.29) is 0 Å². The van der Waals surface area contributed by atoms with Crippen LogP contribution in [0.5, 0.6) is 0 Å². The van der Waals surface area contributed by atoms with Crippen LogP contribution in [0.25, 0.3) is 11.7 Å². The van der Waals surface area contributed by atoms with Gasteiger partial charge < -0.3 is 4.52 Å². The minimum Gasteiger partial charge on any atom is -0.330 e. The van der Waals surface area contributed by atoms with Crippen molar-refractivity contribution < 1.29 is 4.52 Å². The van der Waals surface area contributed by atoms with Gasteiger partial charge in [-0.15, -0.1) is 11.8 Å². The van der Waals surface area contributed by atoms with Crippen LogP contribution in [0, 0.1) is 6.92 Å². The Balaban J connectivity index is 2.33. The van der Waals surface area contributed by atoms with Gasteiger partial charge in [0.2, 0.25) is 5.82 Å². The molecule has 0 unspecified atom stereocenters. The van der Waals surface area contributed by atoms with Gasteiger partial charge in [-0.1, -0.05) is 5.16 Å². The molecule has 0 bridgehead atoms. The third-order valence-electron chi connectivity index (χ3n) is 1.58. The van der Waals surface area contributed by atoms with Crippen molar-refractivity contribution in [2.24, 2.45) is 0 Å². The molecule has 72 valence electrons. The molecule has 0 spiro atoms. The Hall–Kier alpha value is -1.43. The monoisotopic (exact) mass is 208 g/mol. The molecule has 2 rings (SSSR count). The Bertz CT molecular complexity index is 425. The molecule has 14 heavy (non-hydrogen) atoms. The third-order valence-corrected chi connectivity index (χ3v) is 2.26. The van der Waals surface area contributed by atoms with E-state index in [0.717, 1.165) is 4.90 Å². The van der Waals surface area contributed by atoms with E-state index in [9.17, 15) is 0 Å². The maximum atomic E-state index is 4.93. The minimum absolute atomic E-state index is 0.357. The van der Waals surface area contributed by atoms with Gasteiger partial charge in [-0.3, -0.25) is 0 Å². The first kappa shape index (κ1) is 9.14. The van der Waals surface area contributed by atoms with E-state index in [1.165, 1.54) is 0 Å². The maximum absolute atomic E-state index is 4.93. The highest BCUT2D eigenvalue weighted by Crippen LogP contribution is 2.15. The molecule has 0 N–H and O–H groups in total. The summed E-state index contributed by atoms with van der Waals surface area (Å²) >= 11 is 1.59. The number of aryl methyl sites for hydroxylation is 1. The quantitative estimate of drug-likeness (QED) is 0.698. The van der Waals surface area contributed by atoms with Crippen molar-refractivity contribution in [3.8, 4) is 11.7 Å². The van der Waals surface area contributed by atoms with Crippen molar-refractivity contribution in [1.82, 2.24) is 20.1 Å². The average molecular weight is 208 g/mol. The third kappa shape index (κ3) is 1.74. The molecule has 0 atom stereocenters. The van der Waals surface area contributed by atoms with Gasteiger partial charge >= 0.3 is 0 Å². The zero-order chi connectivity index (χ0) is 9.97. The van der Waals surface area contributed by atoms with Gasteiger partial charge in [-0.25, -0.2) is 9.97 Å². The summed E-state index contributed by atoms with van der Waals surface area (Å²) in [5.41, 5.74) is 0. The summed E-state index contributed by atoms with van der Waals surface area (Å²) < 4.78 is 4.93. The normalized spacial score (nSPS) is 10.4. The highest BCUT2D eigenvalue weighted by molar-refractivity contribution is 7.98. The molecule has 0 aliphatic carbocycles. The number of nitrogens with zero attached hydrogens (tertiary/aromatic N) is 4. The molecule has 0 amide bonds. The molecule has 0 saturated heterocycles. The van der Waals surface area contributed by atoms with E-state index >= 15 is 0 Å². The molecule has 0 radical (unpaired) electrons. The van der Waals surface area contributed by atoms with Crippen molar-refractivity contribution in [3.05, 3.63) is 18.2 Å². The minimum atomic E-state index is 0.357. The average Bonchev–Trinajstić information content (AvgIpc) is 2.65. The fourth-order valence-corrected chi connectivity index (χ4v) is 1.24. The molecular formula is C8H8N4OS. The lowest BCUT2D eigenvalue weighted by molar-refractivity contribution is 0.423. The predicted molar refractivity (Wildman–Crippen MR) is 51.8 cm³/mol. The first-order valence-corrected chi connectivity index (χ1v) is 5.19. The molecule has 0 fully saturated rings. The molecular weight excluding hydrogens is 200 g/mol. The van der Waals surface area contributed by atoms with Crippen molar-refractivity contribution in [2.75, 3.05) is 6.26 Å². The molecule has 0 saturated carbocycles. The predicted octanol–water partition coefficient (Wildman–Crippen LogP) is 1.56. The number of thioether (sulfide) groups is 1. The molecule has 0 aliphatic heterocycles. The summed E-state index contributed by atoms with van der Waals surface area (Å²) in [5.74, 6) is 1.40. The molecule has 2 aromatic heterocycles. The zero-order valence-corrected chi connectivity index (χ0v) is 8.58. The number of hydrogen-bond donors (Lipinski definition) is 0. The summed E-state index contributed by atoms with van der Waals surface area (Å²) in [6.07, 6.45) is 5.42. The van der Waals surface area contributed by atoms with E-state index in [4.69, 9.17) is 4.52 Å². The van der Waals surface area contributed by atoms with Crippen LogP contribution < -0.4 is 0 Å². The van der Waals surface area contributed by atoms with Crippen molar-refractivity contribution >= 4 is 11.8 Å². The van der Waals surface area contributed by atoms with Gasteiger partial charge in [0.05, 0.1) is 0 Å². The Labute approximate surface area is 85.0 Å². The number of aromatic nitrogens is 4. The number of hydrogen-bond acceptors (Lipinski definition) is 6. The maximum Gasteiger partial charge on any atom is 0.295 e. The van der Waals surface area contributed by atoms with Crippen LogP contribution in [-0.2, 0) is 0 Å². The van der Waals surface area contributed by atoms with Gasteiger partial charge in [-0.2, -0.15) is 4.98 Å². The van der Waals surface area contributed by atoms with E-state index in [0.29, 0.717) is 17.5 Å². The van der Waals surface area contributed by atoms with E-state index < -0.39 is 0 Å². The lowest BCUT2D eigenvalue weighted by Crippen LogP contribution is -1.88. The van der Waals surface area contributed by atoms with Gasteiger partial charge in [0.1, 0.15) is 0 Å². The summed E-state index contributed by atoms with van der Waals surface area (Å²) in [5, 5.41) is 3.66. The summed E-state index contributed by atoms with van der Waals surface area (Å²) in [6, 6.07) is 0. The van der Waals surface area contributed by atoms with Crippen LogP contribution in [0.15, 0.2) is 21.8 Å². The lowest BCUT2D eigenvalue weighted by atomic mass is 10.5. The second-order valence-corrected chi connectivity index (χ2v) is 3.47. The standard InChI is InChI=1S/C8H8N4OS/c1-5-11-8(13-12-5)7-9-3-6(14-2)4-10-7/h3-4H,1-2H3. The van der Waals surface area contributed by atoms with Gasteiger partial charge in [0.25, 0.3) is 5.89 Å². The van der Waals surface area contributed by atoms with Crippen LogP contribution in [0.1, 0.15) is 5.82 Å². The second-order valence-electron chi connectivity index (χ2n) is 2.59. The first-order valence-electron chi connectivity index (χ1n) is 3.96. The molecule has 6 heteroatoms. The van der Waals surface area contributed by atoms with Gasteiger partial charge in [0.15, 0.2) is 5.82 Å². The Morgan fingerprint density at radius 2 is 2.00 bits per heavy atom. The van der Waals surface area contributed by atoms with E-state index in [2.05, 4.69) is 20.1 Å². The zero-order valence-electron chi connectivity index (χ0n) is 7.76. The second kappa shape index (κ2) is 3.75. The number of rotatable bonds is 2.